The van der Waals surface area contributed by atoms with Gasteiger partial charge in [-0.2, -0.15) is 0 Å². The molecule has 2 rings (SSSR count). The first-order valence-corrected chi connectivity index (χ1v) is 5.71. The van der Waals surface area contributed by atoms with E-state index in [9.17, 15) is 9.59 Å². The highest BCUT2D eigenvalue weighted by Crippen LogP contribution is 2.24. The lowest BCUT2D eigenvalue weighted by Gasteiger charge is -2.34. The third-order valence-corrected chi connectivity index (χ3v) is 3.03. The predicted octanol–water partition coefficient (Wildman–Crippen LogP) is 0.738. The van der Waals surface area contributed by atoms with E-state index in [1.807, 2.05) is 4.90 Å². The standard InChI is InChI=1S/C12H15N3O2/c13-11(17)10-5-3-6-14-12(10)15-7-2-1-4-9(15)8-16/h3,5-6,8-9H,1-2,4,7H2,(H2,13,17). The number of primary amides is 1. The van der Waals surface area contributed by atoms with Gasteiger partial charge in [0.05, 0.1) is 11.6 Å². The number of hydrogen-bond donors (Lipinski definition) is 1. The van der Waals surface area contributed by atoms with Crippen molar-refractivity contribution in [1.82, 2.24) is 4.98 Å². The normalized spacial score (nSPS) is 20.0. The lowest BCUT2D eigenvalue weighted by Crippen LogP contribution is -2.42. The highest BCUT2D eigenvalue weighted by molar-refractivity contribution is 5.98. The molecule has 90 valence electrons. The van der Waals surface area contributed by atoms with E-state index in [2.05, 4.69) is 4.98 Å². The van der Waals surface area contributed by atoms with Crippen LogP contribution in [0.3, 0.4) is 0 Å². The molecule has 1 fully saturated rings. The summed E-state index contributed by atoms with van der Waals surface area (Å²) in [5.74, 6) is 0.0140. The molecule has 1 saturated heterocycles. The molecule has 0 spiro atoms. The molecule has 1 aromatic rings. The Labute approximate surface area is 99.6 Å². The van der Waals surface area contributed by atoms with Crippen LogP contribution in [0.2, 0.25) is 0 Å². The SMILES string of the molecule is NC(=O)c1cccnc1N1CCCCC1C=O. The van der Waals surface area contributed by atoms with Gasteiger partial charge in [0.1, 0.15) is 12.1 Å². The summed E-state index contributed by atoms with van der Waals surface area (Å²) < 4.78 is 0. The van der Waals surface area contributed by atoms with Crippen molar-refractivity contribution in [3.05, 3.63) is 23.9 Å². The van der Waals surface area contributed by atoms with E-state index >= 15 is 0 Å². The maximum Gasteiger partial charge on any atom is 0.252 e. The van der Waals surface area contributed by atoms with Gasteiger partial charge in [0.15, 0.2) is 0 Å². The summed E-state index contributed by atoms with van der Waals surface area (Å²) in [6.07, 6.45) is 5.35. The van der Waals surface area contributed by atoms with Crippen molar-refractivity contribution in [3.8, 4) is 0 Å². The average Bonchev–Trinajstić information content (AvgIpc) is 2.38. The molecule has 1 atom stereocenters. The molecule has 17 heavy (non-hydrogen) atoms. The van der Waals surface area contributed by atoms with Crippen molar-refractivity contribution in [2.24, 2.45) is 5.73 Å². The monoisotopic (exact) mass is 233 g/mol. The number of nitrogens with zero attached hydrogens (tertiary/aromatic N) is 2. The molecule has 0 aliphatic carbocycles. The summed E-state index contributed by atoms with van der Waals surface area (Å²) in [6.45, 7) is 0.737. The third kappa shape index (κ3) is 2.27. The quantitative estimate of drug-likeness (QED) is 0.781. The number of anilines is 1. The molecule has 0 radical (unpaired) electrons. The topological polar surface area (TPSA) is 76.3 Å². The van der Waals surface area contributed by atoms with E-state index in [0.717, 1.165) is 32.1 Å². The molecular weight excluding hydrogens is 218 g/mol. The zero-order chi connectivity index (χ0) is 12.3. The predicted molar refractivity (Wildman–Crippen MR) is 63.8 cm³/mol. The van der Waals surface area contributed by atoms with Crippen LogP contribution in [-0.4, -0.2) is 29.8 Å². The van der Waals surface area contributed by atoms with Gasteiger partial charge in [-0.1, -0.05) is 0 Å². The minimum absolute atomic E-state index is 0.197. The lowest BCUT2D eigenvalue weighted by atomic mass is 10.0. The molecule has 1 aliphatic rings. The summed E-state index contributed by atoms with van der Waals surface area (Å²) >= 11 is 0. The molecule has 1 amide bonds. The number of aromatic nitrogens is 1. The van der Waals surface area contributed by atoms with Gasteiger partial charge in [0.2, 0.25) is 0 Å². The summed E-state index contributed by atoms with van der Waals surface area (Å²) in [7, 11) is 0. The maximum atomic E-state index is 11.3. The van der Waals surface area contributed by atoms with Crippen LogP contribution >= 0.6 is 0 Å². The van der Waals surface area contributed by atoms with Crippen LogP contribution in [0, 0.1) is 0 Å². The highest BCUT2D eigenvalue weighted by atomic mass is 16.1. The number of hydrogen-bond acceptors (Lipinski definition) is 4. The molecule has 0 aromatic carbocycles. The Bertz CT molecular complexity index is 434. The van der Waals surface area contributed by atoms with Gasteiger partial charge >= 0.3 is 0 Å². The van der Waals surface area contributed by atoms with Gasteiger partial charge in [-0.05, 0) is 31.4 Å². The number of nitrogens with two attached hydrogens (primary N) is 1. The van der Waals surface area contributed by atoms with Crippen LogP contribution in [0.25, 0.3) is 0 Å². The van der Waals surface area contributed by atoms with Gasteiger partial charge < -0.3 is 15.4 Å². The molecule has 0 saturated carbocycles. The lowest BCUT2D eigenvalue weighted by molar-refractivity contribution is -0.109. The minimum atomic E-state index is -0.511. The van der Waals surface area contributed by atoms with Crippen LogP contribution in [-0.2, 0) is 4.79 Å². The number of carbonyl (C=O) groups excluding carboxylic acids is 2. The van der Waals surface area contributed by atoms with Gasteiger partial charge in [-0.25, -0.2) is 4.98 Å². The third-order valence-electron chi connectivity index (χ3n) is 3.03. The zero-order valence-corrected chi connectivity index (χ0v) is 9.50. The zero-order valence-electron chi connectivity index (χ0n) is 9.50. The smallest absolute Gasteiger partial charge is 0.252 e. The summed E-state index contributed by atoms with van der Waals surface area (Å²) in [5, 5.41) is 0. The van der Waals surface area contributed by atoms with Crippen molar-refractivity contribution < 1.29 is 9.59 Å². The van der Waals surface area contributed by atoms with E-state index in [0.29, 0.717) is 11.4 Å². The van der Waals surface area contributed by atoms with Crippen molar-refractivity contribution in [2.75, 3.05) is 11.4 Å². The van der Waals surface area contributed by atoms with Gasteiger partial charge in [-0.15, -0.1) is 0 Å². The summed E-state index contributed by atoms with van der Waals surface area (Å²) in [4.78, 5) is 28.4. The van der Waals surface area contributed by atoms with Crippen molar-refractivity contribution in [1.29, 1.82) is 0 Å². The molecule has 5 nitrogen and oxygen atoms in total. The van der Waals surface area contributed by atoms with E-state index in [1.165, 1.54) is 0 Å². The number of rotatable bonds is 3. The van der Waals surface area contributed by atoms with E-state index in [1.54, 1.807) is 18.3 Å². The first kappa shape index (κ1) is 11.6. The molecule has 5 heteroatoms. The Hall–Kier alpha value is -1.91. The van der Waals surface area contributed by atoms with Gasteiger partial charge in [0.25, 0.3) is 5.91 Å². The Morgan fingerprint density at radius 1 is 1.53 bits per heavy atom. The Balaban J connectivity index is 2.37. The number of pyridine rings is 1. The van der Waals surface area contributed by atoms with Gasteiger partial charge in [-0.3, -0.25) is 4.79 Å². The van der Waals surface area contributed by atoms with Crippen molar-refractivity contribution >= 4 is 18.0 Å². The average molecular weight is 233 g/mol. The minimum Gasteiger partial charge on any atom is -0.365 e. The molecular formula is C12H15N3O2. The molecule has 2 heterocycles. The number of aldehydes is 1. The molecule has 1 aliphatic heterocycles. The fraction of sp³-hybridized carbons (Fsp3) is 0.417. The van der Waals surface area contributed by atoms with Crippen LogP contribution < -0.4 is 10.6 Å². The fourth-order valence-corrected chi connectivity index (χ4v) is 2.18. The van der Waals surface area contributed by atoms with E-state index in [-0.39, 0.29) is 6.04 Å². The summed E-state index contributed by atoms with van der Waals surface area (Å²) in [5.41, 5.74) is 5.69. The van der Waals surface area contributed by atoms with Crippen molar-refractivity contribution in [2.45, 2.75) is 25.3 Å². The second kappa shape index (κ2) is 4.95. The first-order chi connectivity index (χ1) is 8.24. The second-order valence-electron chi connectivity index (χ2n) is 4.13. The first-order valence-electron chi connectivity index (χ1n) is 5.71. The van der Waals surface area contributed by atoms with Crippen LogP contribution in [0.4, 0.5) is 5.82 Å². The summed E-state index contributed by atoms with van der Waals surface area (Å²) in [6, 6.07) is 3.11. The van der Waals surface area contributed by atoms with Gasteiger partial charge in [0, 0.05) is 12.7 Å². The molecule has 2 N–H and O–H groups in total. The highest BCUT2D eigenvalue weighted by Gasteiger charge is 2.25. The van der Waals surface area contributed by atoms with Crippen LogP contribution in [0.5, 0.6) is 0 Å². The Kier molecular flexibility index (Phi) is 3.37. The molecule has 1 aromatic heterocycles. The van der Waals surface area contributed by atoms with Crippen LogP contribution in [0.1, 0.15) is 29.6 Å². The van der Waals surface area contributed by atoms with Crippen LogP contribution in [0.15, 0.2) is 18.3 Å². The maximum absolute atomic E-state index is 11.3. The Morgan fingerprint density at radius 3 is 3.06 bits per heavy atom. The molecule has 0 bridgehead atoms. The van der Waals surface area contributed by atoms with Crippen molar-refractivity contribution in [3.63, 3.8) is 0 Å². The van der Waals surface area contributed by atoms with E-state index < -0.39 is 5.91 Å². The largest absolute Gasteiger partial charge is 0.365 e. The number of amides is 1. The number of carbonyl (C=O) groups is 2. The fourth-order valence-electron chi connectivity index (χ4n) is 2.18. The number of piperidine rings is 1. The van der Waals surface area contributed by atoms with E-state index in [4.69, 9.17) is 5.73 Å². The Morgan fingerprint density at radius 2 is 2.35 bits per heavy atom. The second-order valence-corrected chi connectivity index (χ2v) is 4.13. The molecule has 1 unspecified atom stereocenters.